The minimum absolute atomic E-state index is 0.0243. The van der Waals surface area contributed by atoms with Gasteiger partial charge in [-0.1, -0.05) is 18.2 Å². The summed E-state index contributed by atoms with van der Waals surface area (Å²) in [5, 5.41) is 6.11. The van der Waals surface area contributed by atoms with Crippen LogP contribution in [0, 0.1) is 5.82 Å². The third kappa shape index (κ3) is 5.92. The Labute approximate surface area is 208 Å². The van der Waals surface area contributed by atoms with Crippen LogP contribution >= 0.6 is 0 Å². The van der Waals surface area contributed by atoms with Crippen LogP contribution in [0.5, 0.6) is 0 Å². The van der Waals surface area contributed by atoms with Crippen LogP contribution in [-0.2, 0) is 4.74 Å². The number of benzene rings is 1. The molecule has 2 saturated heterocycles. The maximum absolute atomic E-state index is 14.7. The van der Waals surface area contributed by atoms with Gasteiger partial charge in [-0.3, -0.25) is 9.59 Å². The number of amides is 1. The molecule has 7 nitrogen and oxygen atoms in total. The van der Waals surface area contributed by atoms with Gasteiger partial charge < -0.3 is 24.8 Å². The summed E-state index contributed by atoms with van der Waals surface area (Å²) in [4.78, 5) is 28.7. The first-order chi connectivity index (χ1) is 17.2. The number of ether oxygens (including phenoxy) is 1. The molecule has 36 heavy (non-hydrogen) atoms. The van der Waals surface area contributed by atoms with E-state index in [0.717, 1.165) is 32.0 Å². The van der Waals surface area contributed by atoms with Gasteiger partial charge >= 0.3 is 0 Å². The fraction of sp³-hybridized carbons (Fsp3) is 0.538. The summed E-state index contributed by atoms with van der Waals surface area (Å²) in [5.74, 6) is -1.54. The molecule has 2 aliphatic heterocycles. The Balaban J connectivity index is 1.63. The Morgan fingerprint density at radius 2 is 1.78 bits per heavy atom. The highest BCUT2D eigenvalue weighted by molar-refractivity contribution is 5.99. The van der Waals surface area contributed by atoms with Crippen molar-refractivity contribution in [3.8, 4) is 0 Å². The molecule has 0 aliphatic carbocycles. The molecule has 0 radical (unpaired) electrons. The minimum Gasteiger partial charge on any atom is -0.381 e. The van der Waals surface area contributed by atoms with Crippen LogP contribution < -0.4 is 16.2 Å². The fourth-order valence-corrected chi connectivity index (χ4v) is 4.89. The van der Waals surface area contributed by atoms with Crippen molar-refractivity contribution < 1.29 is 22.7 Å². The highest BCUT2D eigenvalue weighted by atomic mass is 19.3. The molecule has 1 unspecified atom stereocenters. The SMILES string of the molecule is CC(NC(=O)c1cn(C2CCOCC2)c(=O)cc1NC1CCN(C)CC1)c1cccc(C(F)F)c1F. The zero-order valence-electron chi connectivity index (χ0n) is 20.6. The number of alkyl halides is 2. The highest BCUT2D eigenvalue weighted by Gasteiger charge is 2.26. The quantitative estimate of drug-likeness (QED) is 0.587. The van der Waals surface area contributed by atoms with Gasteiger partial charge in [-0.05, 0) is 52.7 Å². The summed E-state index contributed by atoms with van der Waals surface area (Å²) in [6, 6.07) is 4.36. The van der Waals surface area contributed by atoms with Gasteiger partial charge in [0.1, 0.15) is 5.82 Å². The molecule has 1 atom stereocenters. The lowest BCUT2D eigenvalue weighted by Gasteiger charge is -2.31. The second-order valence-electron chi connectivity index (χ2n) is 9.66. The van der Waals surface area contributed by atoms with E-state index in [1.807, 2.05) is 7.05 Å². The maximum atomic E-state index is 14.7. The lowest BCUT2D eigenvalue weighted by Crippen LogP contribution is -2.38. The van der Waals surface area contributed by atoms with E-state index in [4.69, 9.17) is 4.74 Å². The molecule has 196 valence electrons. The van der Waals surface area contributed by atoms with E-state index in [-0.39, 0.29) is 28.8 Å². The summed E-state index contributed by atoms with van der Waals surface area (Å²) in [7, 11) is 2.05. The number of pyridine rings is 1. The average Bonchev–Trinajstić information content (AvgIpc) is 2.86. The number of carbonyl (C=O) groups excluding carboxylic acids is 1. The van der Waals surface area contributed by atoms with Crippen molar-refractivity contribution in [2.75, 3.05) is 38.7 Å². The number of rotatable bonds is 7. The van der Waals surface area contributed by atoms with Crippen molar-refractivity contribution in [2.45, 2.75) is 57.2 Å². The van der Waals surface area contributed by atoms with E-state index in [1.165, 1.54) is 18.2 Å². The summed E-state index contributed by atoms with van der Waals surface area (Å²) < 4.78 is 48.0. The van der Waals surface area contributed by atoms with Crippen molar-refractivity contribution in [3.05, 3.63) is 63.3 Å². The smallest absolute Gasteiger partial charge is 0.266 e. The molecule has 2 aliphatic rings. The van der Waals surface area contributed by atoms with Gasteiger partial charge in [0, 0.05) is 43.1 Å². The van der Waals surface area contributed by atoms with Crippen LogP contribution in [0.1, 0.15) is 72.6 Å². The number of nitrogens with zero attached hydrogens (tertiary/aromatic N) is 2. The topological polar surface area (TPSA) is 75.6 Å². The lowest BCUT2D eigenvalue weighted by atomic mass is 10.0. The summed E-state index contributed by atoms with van der Waals surface area (Å²) in [6.45, 7) is 4.41. The number of nitrogens with one attached hydrogen (secondary N) is 2. The summed E-state index contributed by atoms with van der Waals surface area (Å²) in [5.41, 5.74) is -0.255. The predicted octanol–water partition coefficient (Wildman–Crippen LogP) is 4.27. The molecule has 0 saturated carbocycles. The second-order valence-corrected chi connectivity index (χ2v) is 9.66. The molecular formula is C26H33F3N4O3. The zero-order valence-corrected chi connectivity index (χ0v) is 20.6. The Morgan fingerprint density at radius 1 is 1.11 bits per heavy atom. The number of hydrogen-bond acceptors (Lipinski definition) is 5. The third-order valence-corrected chi connectivity index (χ3v) is 7.10. The average molecular weight is 507 g/mol. The van der Waals surface area contributed by atoms with Crippen molar-refractivity contribution in [1.82, 2.24) is 14.8 Å². The number of hydrogen-bond donors (Lipinski definition) is 2. The molecule has 2 aromatic rings. The van der Waals surface area contributed by atoms with Gasteiger partial charge in [0.15, 0.2) is 0 Å². The molecule has 2 fully saturated rings. The fourth-order valence-electron chi connectivity index (χ4n) is 4.89. The van der Waals surface area contributed by atoms with Crippen LogP contribution in [0.4, 0.5) is 18.9 Å². The monoisotopic (exact) mass is 506 g/mol. The first kappa shape index (κ1) is 26.2. The van der Waals surface area contributed by atoms with Gasteiger partial charge in [-0.2, -0.15) is 0 Å². The van der Waals surface area contributed by atoms with Gasteiger partial charge in [-0.15, -0.1) is 0 Å². The molecule has 2 N–H and O–H groups in total. The summed E-state index contributed by atoms with van der Waals surface area (Å²) >= 11 is 0. The number of likely N-dealkylation sites (tertiary alicyclic amines) is 1. The van der Waals surface area contributed by atoms with Crippen LogP contribution in [0.2, 0.25) is 0 Å². The number of piperidine rings is 1. The van der Waals surface area contributed by atoms with Crippen molar-refractivity contribution in [3.63, 3.8) is 0 Å². The van der Waals surface area contributed by atoms with Gasteiger partial charge in [0.05, 0.1) is 22.9 Å². The van der Waals surface area contributed by atoms with E-state index in [2.05, 4.69) is 15.5 Å². The number of carbonyl (C=O) groups is 1. The molecule has 10 heteroatoms. The van der Waals surface area contributed by atoms with E-state index in [1.54, 1.807) is 17.7 Å². The zero-order chi connectivity index (χ0) is 25.8. The largest absolute Gasteiger partial charge is 0.381 e. The third-order valence-electron chi connectivity index (χ3n) is 7.10. The first-order valence-corrected chi connectivity index (χ1v) is 12.4. The number of anilines is 1. The normalized spacial score (nSPS) is 18.8. The van der Waals surface area contributed by atoms with E-state index in [9.17, 15) is 22.8 Å². The molecule has 3 heterocycles. The molecule has 1 aromatic carbocycles. The molecule has 1 amide bonds. The first-order valence-electron chi connectivity index (χ1n) is 12.4. The molecule has 1 aromatic heterocycles. The summed E-state index contributed by atoms with van der Waals surface area (Å²) in [6.07, 6.45) is 1.64. The number of halogens is 3. The van der Waals surface area contributed by atoms with Crippen LogP contribution in [0.25, 0.3) is 0 Å². The van der Waals surface area contributed by atoms with Crippen LogP contribution in [0.3, 0.4) is 0 Å². The Hall–Kier alpha value is -2.85. The van der Waals surface area contributed by atoms with Crippen LogP contribution in [0.15, 0.2) is 35.3 Å². The molecule has 0 spiro atoms. The Morgan fingerprint density at radius 3 is 2.44 bits per heavy atom. The predicted molar refractivity (Wildman–Crippen MR) is 131 cm³/mol. The van der Waals surface area contributed by atoms with E-state index in [0.29, 0.717) is 31.7 Å². The van der Waals surface area contributed by atoms with Crippen molar-refractivity contribution in [2.24, 2.45) is 0 Å². The Kier molecular flexibility index (Phi) is 8.35. The van der Waals surface area contributed by atoms with Gasteiger partial charge in [-0.25, -0.2) is 13.2 Å². The van der Waals surface area contributed by atoms with Crippen molar-refractivity contribution >= 4 is 11.6 Å². The number of aromatic nitrogens is 1. The standard InChI is InChI=1S/C26H33F3N4O3/c1-16(19-4-3-5-20(24(19)27)25(28)29)30-26(35)21-15-33(18-8-12-36-13-9-18)23(34)14-22(21)31-17-6-10-32(2)11-7-17/h3-5,14-18,25,31H,6-13H2,1-2H3,(H,30,35). The molecular weight excluding hydrogens is 473 g/mol. The molecule has 0 bridgehead atoms. The van der Waals surface area contributed by atoms with Gasteiger partial charge in [0.2, 0.25) is 0 Å². The maximum Gasteiger partial charge on any atom is 0.266 e. The van der Waals surface area contributed by atoms with E-state index >= 15 is 0 Å². The second kappa shape index (κ2) is 11.5. The highest BCUT2D eigenvalue weighted by Crippen LogP contribution is 2.28. The van der Waals surface area contributed by atoms with Gasteiger partial charge in [0.25, 0.3) is 17.9 Å². The van der Waals surface area contributed by atoms with E-state index < -0.39 is 29.8 Å². The minimum atomic E-state index is -2.96. The van der Waals surface area contributed by atoms with Crippen LogP contribution in [-0.4, -0.2) is 54.8 Å². The lowest BCUT2D eigenvalue weighted by molar-refractivity contribution is 0.0685. The van der Waals surface area contributed by atoms with Crippen molar-refractivity contribution in [1.29, 1.82) is 0 Å². The molecule has 4 rings (SSSR count). The Bertz CT molecular complexity index is 1130.